The summed E-state index contributed by atoms with van der Waals surface area (Å²) >= 11 is 0. The van der Waals surface area contributed by atoms with Crippen LogP contribution in [-0.2, 0) is 18.3 Å². The van der Waals surface area contributed by atoms with Crippen molar-refractivity contribution in [1.82, 2.24) is 10.2 Å². The van der Waals surface area contributed by atoms with Gasteiger partial charge in [0.2, 0.25) is 0 Å². The van der Waals surface area contributed by atoms with Gasteiger partial charge in [-0.3, -0.25) is 0 Å². The summed E-state index contributed by atoms with van der Waals surface area (Å²) in [6.45, 7) is 6.54. The van der Waals surface area contributed by atoms with Crippen LogP contribution >= 0.6 is 0 Å². The van der Waals surface area contributed by atoms with Gasteiger partial charge < -0.3 is 0 Å². The van der Waals surface area contributed by atoms with Crippen molar-refractivity contribution in [2.75, 3.05) is 0 Å². The molecule has 0 radical (unpaired) electrons. The predicted octanol–water partition coefficient (Wildman–Crippen LogP) is 2.26. The molecule has 70 valence electrons. The SMILES string of the molecule is CC(C)(C)c1cc2c(nn1)CCC2. The average molecular weight is 176 g/mol. The smallest absolute Gasteiger partial charge is 0.0687 e. The van der Waals surface area contributed by atoms with E-state index < -0.39 is 0 Å². The molecule has 0 unspecified atom stereocenters. The maximum Gasteiger partial charge on any atom is 0.0687 e. The lowest BCUT2D eigenvalue weighted by Gasteiger charge is -2.17. The van der Waals surface area contributed by atoms with Crippen LogP contribution in [0.1, 0.15) is 44.1 Å². The van der Waals surface area contributed by atoms with Gasteiger partial charge in [0, 0.05) is 5.41 Å². The molecule has 2 nitrogen and oxygen atoms in total. The molecule has 2 heteroatoms. The first-order chi connectivity index (χ1) is 6.07. The van der Waals surface area contributed by atoms with E-state index in [0.717, 1.165) is 12.1 Å². The predicted molar refractivity (Wildman–Crippen MR) is 52.8 cm³/mol. The van der Waals surface area contributed by atoms with Crippen LogP contribution in [0.3, 0.4) is 0 Å². The first-order valence-electron chi connectivity index (χ1n) is 4.93. The summed E-state index contributed by atoms with van der Waals surface area (Å²) in [5, 5.41) is 8.55. The molecule has 1 aliphatic rings. The molecule has 0 saturated carbocycles. The van der Waals surface area contributed by atoms with Crippen molar-refractivity contribution >= 4 is 0 Å². The Bertz CT molecular complexity index is 323. The standard InChI is InChI=1S/C11H16N2/c1-11(2,3)10-7-8-5-4-6-9(8)12-13-10/h7H,4-6H2,1-3H3. The van der Waals surface area contributed by atoms with Gasteiger partial charge in [-0.15, -0.1) is 0 Å². The Labute approximate surface area is 79.4 Å². The molecule has 0 amide bonds. The number of aryl methyl sites for hydroxylation is 2. The van der Waals surface area contributed by atoms with E-state index in [0.29, 0.717) is 0 Å². The topological polar surface area (TPSA) is 25.8 Å². The Morgan fingerprint density at radius 1 is 1.15 bits per heavy atom. The van der Waals surface area contributed by atoms with Crippen LogP contribution in [0, 0.1) is 0 Å². The minimum atomic E-state index is 0.130. The molecule has 2 rings (SSSR count). The fourth-order valence-electron chi connectivity index (χ4n) is 1.70. The van der Waals surface area contributed by atoms with Gasteiger partial charge in [-0.1, -0.05) is 20.8 Å². The van der Waals surface area contributed by atoms with Crippen LogP contribution in [0.15, 0.2) is 6.07 Å². The Morgan fingerprint density at radius 3 is 2.62 bits per heavy atom. The first-order valence-corrected chi connectivity index (χ1v) is 4.93. The molecule has 0 N–H and O–H groups in total. The molecule has 1 aromatic heterocycles. The summed E-state index contributed by atoms with van der Waals surface area (Å²) in [4.78, 5) is 0. The van der Waals surface area contributed by atoms with E-state index in [1.165, 1.54) is 24.1 Å². The van der Waals surface area contributed by atoms with Crippen LogP contribution in [0.25, 0.3) is 0 Å². The maximum atomic E-state index is 4.28. The summed E-state index contributed by atoms with van der Waals surface area (Å²) in [6, 6.07) is 2.23. The zero-order valence-electron chi connectivity index (χ0n) is 8.59. The third-order valence-electron chi connectivity index (χ3n) is 2.59. The number of hydrogen-bond donors (Lipinski definition) is 0. The fourth-order valence-corrected chi connectivity index (χ4v) is 1.70. The van der Waals surface area contributed by atoms with Crippen LogP contribution in [-0.4, -0.2) is 10.2 Å². The Hall–Kier alpha value is -0.920. The maximum absolute atomic E-state index is 4.28. The molecule has 0 atom stereocenters. The molecular formula is C11H16N2. The van der Waals surface area contributed by atoms with Gasteiger partial charge in [-0.2, -0.15) is 10.2 Å². The molecule has 0 aliphatic heterocycles. The second-order valence-electron chi connectivity index (χ2n) is 4.81. The van der Waals surface area contributed by atoms with Gasteiger partial charge in [0.25, 0.3) is 0 Å². The largest absolute Gasteiger partial charge is 0.155 e. The van der Waals surface area contributed by atoms with Crippen molar-refractivity contribution in [3.63, 3.8) is 0 Å². The summed E-state index contributed by atoms with van der Waals surface area (Å²) in [7, 11) is 0. The number of nitrogens with zero attached hydrogens (tertiary/aromatic N) is 2. The summed E-state index contributed by atoms with van der Waals surface area (Å²) < 4.78 is 0. The summed E-state index contributed by atoms with van der Waals surface area (Å²) in [5.74, 6) is 0. The highest BCUT2D eigenvalue weighted by atomic mass is 15.1. The molecule has 0 bridgehead atoms. The Kier molecular flexibility index (Phi) is 1.86. The minimum Gasteiger partial charge on any atom is -0.155 e. The molecule has 13 heavy (non-hydrogen) atoms. The lowest BCUT2D eigenvalue weighted by molar-refractivity contribution is 0.556. The fraction of sp³-hybridized carbons (Fsp3) is 0.636. The van der Waals surface area contributed by atoms with Crippen LogP contribution in [0.2, 0.25) is 0 Å². The van der Waals surface area contributed by atoms with E-state index in [9.17, 15) is 0 Å². The van der Waals surface area contributed by atoms with Gasteiger partial charge >= 0.3 is 0 Å². The quantitative estimate of drug-likeness (QED) is 0.606. The molecule has 1 aromatic rings. The summed E-state index contributed by atoms with van der Waals surface area (Å²) in [6.07, 6.45) is 3.55. The Balaban J connectivity index is 2.42. The molecule has 1 aliphatic carbocycles. The van der Waals surface area contributed by atoms with Crippen molar-refractivity contribution in [2.45, 2.75) is 45.4 Å². The van der Waals surface area contributed by atoms with Crippen molar-refractivity contribution in [3.8, 4) is 0 Å². The summed E-state index contributed by atoms with van der Waals surface area (Å²) in [5.41, 5.74) is 3.88. The van der Waals surface area contributed by atoms with E-state index in [2.05, 4.69) is 37.0 Å². The van der Waals surface area contributed by atoms with E-state index in [1.807, 2.05) is 0 Å². The van der Waals surface area contributed by atoms with Crippen LogP contribution in [0.4, 0.5) is 0 Å². The molecule has 0 aromatic carbocycles. The molecule has 0 fully saturated rings. The molecule has 1 heterocycles. The third-order valence-corrected chi connectivity index (χ3v) is 2.59. The first kappa shape index (κ1) is 8.67. The number of aromatic nitrogens is 2. The zero-order valence-corrected chi connectivity index (χ0v) is 8.59. The van der Waals surface area contributed by atoms with Crippen molar-refractivity contribution in [1.29, 1.82) is 0 Å². The van der Waals surface area contributed by atoms with E-state index in [1.54, 1.807) is 0 Å². The van der Waals surface area contributed by atoms with Gasteiger partial charge in [0.05, 0.1) is 11.4 Å². The average Bonchev–Trinajstić information content (AvgIpc) is 2.47. The van der Waals surface area contributed by atoms with E-state index in [-0.39, 0.29) is 5.41 Å². The highest BCUT2D eigenvalue weighted by Gasteiger charge is 2.20. The van der Waals surface area contributed by atoms with Crippen molar-refractivity contribution in [2.24, 2.45) is 0 Å². The van der Waals surface area contributed by atoms with E-state index >= 15 is 0 Å². The third kappa shape index (κ3) is 1.58. The lowest BCUT2D eigenvalue weighted by atomic mass is 9.91. The number of fused-ring (bicyclic) bond motifs is 1. The normalized spacial score (nSPS) is 15.9. The minimum absolute atomic E-state index is 0.130. The van der Waals surface area contributed by atoms with Crippen molar-refractivity contribution in [3.05, 3.63) is 23.0 Å². The van der Waals surface area contributed by atoms with Gasteiger partial charge in [-0.05, 0) is 30.9 Å². The van der Waals surface area contributed by atoms with Crippen molar-refractivity contribution < 1.29 is 0 Å². The lowest BCUT2D eigenvalue weighted by Crippen LogP contribution is -2.15. The molecule has 0 saturated heterocycles. The van der Waals surface area contributed by atoms with Gasteiger partial charge in [0.1, 0.15) is 0 Å². The highest BCUT2D eigenvalue weighted by Crippen LogP contribution is 2.25. The van der Waals surface area contributed by atoms with E-state index in [4.69, 9.17) is 0 Å². The van der Waals surface area contributed by atoms with Crippen LogP contribution in [0.5, 0.6) is 0 Å². The second-order valence-corrected chi connectivity index (χ2v) is 4.81. The van der Waals surface area contributed by atoms with Crippen LogP contribution < -0.4 is 0 Å². The number of hydrogen-bond acceptors (Lipinski definition) is 2. The Morgan fingerprint density at radius 2 is 1.92 bits per heavy atom. The molecular weight excluding hydrogens is 160 g/mol. The number of rotatable bonds is 0. The highest BCUT2D eigenvalue weighted by molar-refractivity contribution is 5.27. The zero-order chi connectivity index (χ0) is 9.47. The van der Waals surface area contributed by atoms with Gasteiger partial charge in [-0.25, -0.2) is 0 Å². The molecule has 0 spiro atoms. The second kappa shape index (κ2) is 2.79. The monoisotopic (exact) mass is 176 g/mol. The van der Waals surface area contributed by atoms with Gasteiger partial charge in [0.15, 0.2) is 0 Å².